The number of hydrogen-bond donors (Lipinski definition) is 1. The smallest absolute Gasteiger partial charge is 0.325 e. The van der Waals surface area contributed by atoms with Crippen molar-refractivity contribution in [2.45, 2.75) is 50.9 Å². The Labute approximate surface area is 111 Å². The summed E-state index contributed by atoms with van der Waals surface area (Å²) in [5, 5.41) is 0. The number of carbonyl (C=O) groups is 1. The second-order valence-corrected chi connectivity index (χ2v) is 4.84. The molecule has 1 fully saturated rings. The lowest BCUT2D eigenvalue weighted by atomic mass is 10.1. The summed E-state index contributed by atoms with van der Waals surface area (Å²) >= 11 is 0. The minimum absolute atomic E-state index is 0.0886. The van der Waals surface area contributed by atoms with E-state index in [9.17, 15) is 13.6 Å². The van der Waals surface area contributed by atoms with E-state index in [1.807, 2.05) is 0 Å². The van der Waals surface area contributed by atoms with Crippen molar-refractivity contribution < 1.29 is 27.8 Å². The molecule has 2 N–H and O–H groups in total. The maximum atomic E-state index is 12.7. The Bertz CT molecular complexity index is 296. The van der Waals surface area contributed by atoms with E-state index >= 15 is 0 Å². The van der Waals surface area contributed by atoms with Gasteiger partial charge in [0.15, 0.2) is 0 Å². The van der Waals surface area contributed by atoms with Gasteiger partial charge >= 0.3 is 5.97 Å². The van der Waals surface area contributed by atoms with Crippen LogP contribution in [0.2, 0.25) is 0 Å². The molecule has 0 saturated carbocycles. The average molecular weight is 281 g/mol. The first kappa shape index (κ1) is 16.3. The Balaban J connectivity index is 2.48. The SMILES string of the molecule is C[C@@H]1OC(=O)[C@@H](N)COCC[C@H]1OCCC(C)(F)F. The number of hydrogen-bond acceptors (Lipinski definition) is 5. The fraction of sp³-hybridized carbons (Fsp3) is 0.917. The van der Waals surface area contributed by atoms with E-state index in [-0.39, 0.29) is 19.6 Å². The van der Waals surface area contributed by atoms with Gasteiger partial charge in [0.2, 0.25) is 5.92 Å². The average Bonchev–Trinajstić information content (AvgIpc) is 2.33. The number of alkyl halides is 2. The van der Waals surface area contributed by atoms with Gasteiger partial charge in [-0.05, 0) is 13.8 Å². The molecule has 0 radical (unpaired) electrons. The van der Waals surface area contributed by atoms with Crippen molar-refractivity contribution in [1.82, 2.24) is 0 Å². The molecule has 19 heavy (non-hydrogen) atoms. The van der Waals surface area contributed by atoms with Gasteiger partial charge in [0, 0.05) is 19.4 Å². The number of halogens is 2. The molecule has 112 valence electrons. The molecule has 1 saturated heterocycles. The molecule has 0 aromatic rings. The first-order chi connectivity index (χ1) is 8.79. The molecule has 0 amide bonds. The normalized spacial score (nSPS) is 30.2. The van der Waals surface area contributed by atoms with Crippen molar-refractivity contribution in [3.63, 3.8) is 0 Å². The first-order valence-corrected chi connectivity index (χ1v) is 6.33. The number of ether oxygens (including phenoxy) is 3. The third-order valence-corrected chi connectivity index (χ3v) is 2.85. The van der Waals surface area contributed by atoms with E-state index in [2.05, 4.69) is 0 Å². The van der Waals surface area contributed by atoms with Crippen molar-refractivity contribution in [2.24, 2.45) is 5.73 Å². The van der Waals surface area contributed by atoms with Gasteiger partial charge in [-0.2, -0.15) is 0 Å². The Morgan fingerprint density at radius 1 is 1.53 bits per heavy atom. The zero-order valence-electron chi connectivity index (χ0n) is 11.2. The van der Waals surface area contributed by atoms with Crippen LogP contribution >= 0.6 is 0 Å². The van der Waals surface area contributed by atoms with Crippen LogP contribution in [0.25, 0.3) is 0 Å². The zero-order chi connectivity index (χ0) is 14.5. The molecule has 1 aliphatic heterocycles. The second kappa shape index (κ2) is 7.12. The zero-order valence-corrected chi connectivity index (χ0v) is 11.2. The predicted molar refractivity (Wildman–Crippen MR) is 63.9 cm³/mol. The van der Waals surface area contributed by atoms with Gasteiger partial charge in [0.25, 0.3) is 0 Å². The summed E-state index contributed by atoms with van der Waals surface area (Å²) in [5.74, 6) is -3.33. The van der Waals surface area contributed by atoms with Crippen LogP contribution in [0.15, 0.2) is 0 Å². The van der Waals surface area contributed by atoms with Crippen LogP contribution in [0.3, 0.4) is 0 Å². The maximum absolute atomic E-state index is 12.7. The third kappa shape index (κ3) is 6.26. The van der Waals surface area contributed by atoms with Crippen LogP contribution in [0, 0.1) is 0 Å². The molecular weight excluding hydrogens is 260 g/mol. The largest absolute Gasteiger partial charge is 0.459 e. The van der Waals surface area contributed by atoms with Crippen LogP contribution in [-0.4, -0.2) is 50.0 Å². The molecule has 1 aliphatic rings. The van der Waals surface area contributed by atoms with Crippen LogP contribution in [-0.2, 0) is 19.0 Å². The Morgan fingerprint density at radius 2 is 2.21 bits per heavy atom. The molecule has 0 aromatic heterocycles. The van der Waals surface area contributed by atoms with Crippen molar-refractivity contribution in [3.8, 4) is 0 Å². The molecule has 0 bridgehead atoms. The van der Waals surface area contributed by atoms with Gasteiger partial charge < -0.3 is 19.9 Å². The Hall–Kier alpha value is -0.790. The summed E-state index contributed by atoms with van der Waals surface area (Å²) in [6, 6.07) is -0.818. The van der Waals surface area contributed by atoms with Crippen molar-refractivity contribution in [1.29, 1.82) is 0 Å². The van der Waals surface area contributed by atoms with Crippen LogP contribution in [0.4, 0.5) is 8.78 Å². The highest BCUT2D eigenvalue weighted by Crippen LogP contribution is 2.18. The minimum atomic E-state index is -2.77. The lowest BCUT2D eigenvalue weighted by Crippen LogP contribution is -2.39. The van der Waals surface area contributed by atoms with Gasteiger partial charge in [-0.15, -0.1) is 0 Å². The van der Waals surface area contributed by atoms with E-state index < -0.39 is 30.1 Å². The fourth-order valence-corrected chi connectivity index (χ4v) is 1.67. The van der Waals surface area contributed by atoms with E-state index in [0.29, 0.717) is 13.0 Å². The van der Waals surface area contributed by atoms with Crippen LogP contribution in [0.5, 0.6) is 0 Å². The summed E-state index contributed by atoms with van der Waals surface area (Å²) in [6.07, 6.45) is -0.900. The quantitative estimate of drug-likeness (QED) is 0.781. The number of esters is 1. The molecule has 0 spiro atoms. The second-order valence-electron chi connectivity index (χ2n) is 4.84. The molecule has 5 nitrogen and oxygen atoms in total. The summed E-state index contributed by atoms with van der Waals surface area (Å²) in [5.41, 5.74) is 5.54. The molecule has 1 rings (SSSR count). The van der Waals surface area contributed by atoms with Crippen LogP contribution in [0.1, 0.15) is 26.7 Å². The molecule has 1 heterocycles. The highest BCUT2D eigenvalue weighted by molar-refractivity contribution is 5.75. The summed E-state index contributed by atoms with van der Waals surface area (Å²) in [4.78, 5) is 11.5. The number of cyclic esters (lactones) is 1. The van der Waals surface area contributed by atoms with Crippen LogP contribution < -0.4 is 5.73 Å². The van der Waals surface area contributed by atoms with Gasteiger partial charge in [-0.3, -0.25) is 4.79 Å². The third-order valence-electron chi connectivity index (χ3n) is 2.85. The van der Waals surface area contributed by atoms with Crippen molar-refractivity contribution in [2.75, 3.05) is 19.8 Å². The molecule has 7 heteroatoms. The molecule has 3 atom stereocenters. The Kier molecular flexibility index (Phi) is 6.09. The summed E-state index contributed by atoms with van der Waals surface area (Å²) in [7, 11) is 0. The predicted octanol–water partition coefficient (Wildman–Crippen LogP) is 1.10. The standard InChI is InChI=1S/C12H21F2NO4/c1-8-10(18-6-4-12(2,13)14)3-5-17-7-9(15)11(16)19-8/h8-10H,3-7,15H2,1-2H3/t8-,9-,10+/m0/s1. The van der Waals surface area contributed by atoms with E-state index in [4.69, 9.17) is 19.9 Å². The number of rotatable bonds is 4. The number of nitrogens with two attached hydrogens (primary N) is 1. The van der Waals surface area contributed by atoms with Gasteiger partial charge in [-0.1, -0.05) is 0 Å². The summed E-state index contributed by atoms with van der Waals surface area (Å²) in [6.45, 7) is 2.84. The maximum Gasteiger partial charge on any atom is 0.325 e. The highest BCUT2D eigenvalue weighted by Gasteiger charge is 2.28. The van der Waals surface area contributed by atoms with Crippen molar-refractivity contribution >= 4 is 5.97 Å². The summed E-state index contributed by atoms with van der Waals surface area (Å²) < 4.78 is 41.1. The lowest BCUT2D eigenvalue weighted by molar-refractivity contribution is -0.158. The molecular formula is C12H21F2NO4. The first-order valence-electron chi connectivity index (χ1n) is 6.33. The number of carbonyl (C=O) groups excluding carboxylic acids is 1. The topological polar surface area (TPSA) is 70.8 Å². The lowest BCUT2D eigenvalue weighted by Gasteiger charge is -2.24. The van der Waals surface area contributed by atoms with E-state index in [0.717, 1.165) is 6.92 Å². The van der Waals surface area contributed by atoms with Gasteiger partial charge in [0.05, 0.1) is 19.3 Å². The van der Waals surface area contributed by atoms with Gasteiger partial charge in [-0.25, -0.2) is 8.78 Å². The van der Waals surface area contributed by atoms with Gasteiger partial charge in [0.1, 0.15) is 12.1 Å². The van der Waals surface area contributed by atoms with Crippen molar-refractivity contribution in [3.05, 3.63) is 0 Å². The fourth-order valence-electron chi connectivity index (χ4n) is 1.67. The minimum Gasteiger partial charge on any atom is -0.459 e. The molecule has 0 aliphatic carbocycles. The molecule has 0 unspecified atom stereocenters. The van der Waals surface area contributed by atoms with E-state index in [1.54, 1.807) is 6.92 Å². The Morgan fingerprint density at radius 3 is 2.84 bits per heavy atom. The van der Waals surface area contributed by atoms with E-state index in [1.165, 1.54) is 0 Å². The highest BCUT2D eigenvalue weighted by atomic mass is 19.3. The molecule has 0 aromatic carbocycles. The monoisotopic (exact) mass is 281 g/mol.